The lowest BCUT2D eigenvalue weighted by atomic mass is 9.92. The fraction of sp³-hybridized carbons (Fsp3) is 0.676. The zero-order valence-electron chi connectivity index (χ0n) is 27.3. The number of para-hydroxylation sites is 1. The van der Waals surface area contributed by atoms with E-state index in [2.05, 4.69) is 16.0 Å². The maximum atomic E-state index is 14.1. The molecule has 4 rings (SSSR count). The van der Waals surface area contributed by atoms with Gasteiger partial charge < -0.3 is 31.0 Å². The first-order valence-corrected chi connectivity index (χ1v) is 16.8. The van der Waals surface area contributed by atoms with Crippen LogP contribution in [-0.4, -0.2) is 87.7 Å². The molecule has 2 aliphatic rings. The quantitative estimate of drug-likeness (QED) is 0.228. The Hall–Kier alpha value is -3.15. The summed E-state index contributed by atoms with van der Waals surface area (Å²) in [7, 11) is 1.57. The molecule has 45 heavy (non-hydrogen) atoms. The minimum absolute atomic E-state index is 0.0803. The number of carbonyl (C=O) groups is 3. The third kappa shape index (κ3) is 8.56. The van der Waals surface area contributed by atoms with Crippen LogP contribution in [0.4, 0.5) is 0 Å². The molecule has 1 aromatic heterocycles. The van der Waals surface area contributed by atoms with Gasteiger partial charge in [-0.05, 0) is 49.7 Å². The van der Waals surface area contributed by atoms with Gasteiger partial charge in [0.15, 0.2) is 0 Å². The van der Waals surface area contributed by atoms with Crippen molar-refractivity contribution in [3.63, 3.8) is 0 Å². The molecular weight excluding hydrogens is 574 g/mol. The molecule has 5 N–H and O–H groups in total. The van der Waals surface area contributed by atoms with Crippen LogP contribution >= 0.6 is 0 Å². The maximum Gasteiger partial charge on any atom is 0.243 e. The number of aromatic nitrogens is 1. The van der Waals surface area contributed by atoms with Gasteiger partial charge in [-0.15, -0.1) is 0 Å². The summed E-state index contributed by atoms with van der Waals surface area (Å²) in [5, 5.41) is 31.6. The number of hydrogen-bond acceptors (Lipinski definition) is 7. The van der Waals surface area contributed by atoms with Crippen LogP contribution in [0.3, 0.4) is 0 Å². The Morgan fingerprint density at radius 1 is 0.956 bits per heavy atom. The van der Waals surface area contributed by atoms with E-state index in [1.807, 2.05) is 51.2 Å². The van der Waals surface area contributed by atoms with Crippen LogP contribution in [0.5, 0.6) is 0 Å². The third-order valence-electron chi connectivity index (χ3n) is 9.72. The number of unbranched alkanes of at least 4 members (excludes halogenated alkanes) is 2. The number of rotatable bonds is 12. The van der Waals surface area contributed by atoms with Crippen molar-refractivity contribution in [2.24, 2.45) is 5.92 Å². The molecule has 0 spiro atoms. The van der Waals surface area contributed by atoms with Gasteiger partial charge in [0.2, 0.25) is 17.7 Å². The molecule has 7 atom stereocenters. The largest absolute Gasteiger partial charge is 0.417 e. The molecule has 0 saturated carbocycles. The number of amides is 3. The molecule has 250 valence electrons. The van der Waals surface area contributed by atoms with Gasteiger partial charge in [-0.1, -0.05) is 71.1 Å². The third-order valence-corrected chi connectivity index (χ3v) is 9.72. The highest BCUT2D eigenvalue weighted by molar-refractivity contribution is 5.94. The van der Waals surface area contributed by atoms with E-state index >= 15 is 0 Å². The van der Waals surface area contributed by atoms with Crippen molar-refractivity contribution in [2.45, 2.75) is 128 Å². The number of benzene rings is 1. The van der Waals surface area contributed by atoms with Crippen LogP contribution in [0.1, 0.15) is 90.5 Å². The smallest absolute Gasteiger partial charge is 0.243 e. The van der Waals surface area contributed by atoms with Crippen LogP contribution in [-0.2, 0) is 20.8 Å². The van der Waals surface area contributed by atoms with Crippen molar-refractivity contribution in [1.82, 2.24) is 25.6 Å². The van der Waals surface area contributed by atoms with Gasteiger partial charge in [0.05, 0.1) is 23.7 Å². The predicted molar refractivity (Wildman–Crippen MR) is 173 cm³/mol. The Kier molecular flexibility index (Phi) is 12.7. The maximum absolute atomic E-state index is 14.1. The first-order valence-electron chi connectivity index (χ1n) is 16.8. The number of nitrogens with one attached hydrogen (secondary N) is 3. The fourth-order valence-electron chi connectivity index (χ4n) is 6.67. The van der Waals surface area contributed by atoms with Crippen molar-refractivity contribution in [1.29, 1.82) is 0 Å². The minimum Gasteiger partial charge on any atom is -0.417 e. The van der Waals surface area contributed by atoms with Crippen molar-refractivity contribution >= 4 is 28.6 Å². The molecule has 1 aromatic carbocycles. The Morgan fingerprint density at radius 3 is 2.42 bits per heavy atom. The highest BCUT2D eigenvalue weighted by Gasteiger charge is 2.41. The van der Waals surface area contributed by atoms with Crippen LogP contribution in [0.15, 0.2) is 30.5 Å². The topological polar surface area (TPSA) is 145 Å². The standard InChI is InChI=1S/C34H53N5O6/c1-5-22(3)30-34(44)38-19-13-12-18-29(38)33(43)35-26(16-9-7-8-14-24(40)6-2)31(41)36-27(32(42)37-30)20-23-21-39(45-4)28-17-11-10-15-25(23)28/h10-11,15,17,21-22,24,26-27,29-30,34,40,44H,5-9,12-14,16,18-20H2,1-4H3,(H,35,43)(H,36,41)(H,37,42)/t22?,24-,26-,27-,29+,30-,34?/m0/s1. The lowest BCUT2D eigenvalue weighted by molar-refractivity contribution is -0.144. The van der Waals surface area contributed by atoms with Crippen LogP contribution in [0.2, 0.25) is 0 Å². The van der Waals surface area contributed by atoms with E-state index in [0.29, 0.717) is 45.1 Å². The van der Waals surface area contributed by atoms with E-state index in [4.69, 9.17) is 4.84 Å². The second-order valence-electron chi connectivity index (χ2n) is 12.8. The van der Waals surface area contributed by atoms with Gasteiger partial charge in [-0.2, -0.15) is 4.73 Å². The molecule has 2 aliphatic heterocycles. The van der Waals surface area contributed by atoms with Gasteiger partial charge in [-0.3, -0.25) is 19.3 Å². The van der Waals surface area contributed by atoms with Gasteiger partial charge in [0, 0.05) is 24.5 Å². The second-order valence-corrected chi connectivity index (χ2v) is 12.8. The summed E-state index contributed by atoms with van der Waals surface area (Å²) in [4.78, 5) is 49.1. The molecule has 2 aromatic rings. The number of piperidine rings is 1. The molecule has 2 unspecified atom stereocenters. The van der Waals surface area contributed by atoms with E-state index in [1.54, 1.807) is 16.7 Å². The predicted octanol–water partition coefficient (Wildman–Crippen LogP) is 2.65. The SMILES string of the molecule is CCC(C)[C@@H]1NC(=O)[C@H](Cc2cn(OC)c3ccccc23)NC(=O)[C@H](CCCCC[C@@H](O)CC)NC(=O)[C@H]2CCCCN2C1O. The summed E-state index contributed by atoms with van der Waals surface area (Å²) in [5.41, 5.74) is 1.67. The Labute approximate surface area is 267 Å². The summed E-state index contributed by atoms with van der Waals surface area (Å²) in [5.74, 6) is -1.14. The molecule has 3 heterocycles. The highest BCUT2D eigenvalue weighted by atomic mass is 16.6. The monoisotopic (exact) mass is 627 g/mol. The van der Waals surface area contributed by atoms with Gasteiger partial charge in [0.25, 0.3) is 0 Å². The average molecular weight is 628 g/mol. The first-order chi connectivity index (χ1) is 21.7. The Bertz CT molecular complexity index is 1280. The summed E-state index contributed by atoms with van der Waals surface area (Å²) < 4.78 is 1.64. The molecular formula is C34H53N5O6. The Balaban J connectivity index is 1.65. The number of hydrogen-bond donors (Lipinski definition) is 5. The zero-order chi connectivity index (χ0) is 32.5. The van der Waals surface area contributed by atoms with Crippen molar-refractivity contribution in [3.05, 3.63) is 36.0 Å². The zero-order valence-corrected chi connectivity index (χ0v) is 27.3. The molecule has 11 nitrogen and oxygen atoms in total. The van der Waals surface area contributed by atoms with Crippen molar-refractivity contribution in [3.8, 4) is 0 Å². The lowest BCUT2D eigenvalue weighted by Crippen LogP contribution is -2.65. The summed E-state index contributed by atoms with van der Waals surface area (Å²) in [6.07, 6.45) is 7.70. The summed E-state index contributed by atoms with van der Waals surface area (Å²) in [6, 6.07) is 4.69. The fourth-order valence-corrected chi connectivity index (χ4v) is 6.67. The first kappa shape index (κ1) is 34.7. The molecule has 0 radical (unpaired) electrons. The number of aliphatic hydroxyl groups is 2. The lowest BCUT2D eigenvalue weighted by Gasteiger charge is -2.43. The summed E-state index contributed by atoms with van der Waals surface area (Å²) in [6.45, 7) is 6.46. The molecule has 2 saturated heterocycles. The second kappa shape index (κ2) is 16.4. The van der Waals surface area contributed by atoms with Crippen LogP contribution in [0.25, 0.3) is 10.9 Å². The van der Waals surface area contributed by atoms with E-state index in [1.165, 1.54) is 0 Å². The van der Waals surface area contributed by atoms with E-state index in [0.717, 1.165) is 42.1 Å². The van der Waals surface area contributed by atoms with Gasteiger partial charge in [-0.25, -0.2) is 0 Å². The molecule has 0 aliphatic carbocycles. The number of nitrogens with zero attached hydrogens (tertiary/aromatic N) is 2. The van der Waals surface area contributed by atoms with Gasteiger partial charge >= 0.3 is 0 Å². The van der Waals surface area contributed by atoms with Gasteiger partial charge in [0.1, 0.15) is 25.4 Å². The molecule has 3 amide bonds. The van der Waals surface area contributed by atoms with Crippen LogP contribution in [0, 0.1) is 5.92 Å². The number of carbonyl (C=O) groups excluding carboxylic acids is 3. The molecule has 11 heteroatoms. The average Bonchev–Trinajstić information content (AvgIpc) is 3.41. The minimum atomic E-state index is -1.06. The van der Waals surface area contributed by atoms with Crippen molar-refractivity contribution < 1.29 is 29.4 Å². The normalized spacial score (nSPS) is 26.5. The summed E-state index contributed by atoms with van der Waals surface area (Å²) >= 11 is 0. The van der Waals surface area contributed by atoms with E-state index in [9.17, 15) is 24.6 Å². The van der Waals surface area contributed by atoms with Crippen LogP contribution < -0.4 is 20.8 Å². The number of fused-ring (bicyclic) bond motifs is 2. The Morgan fingerprint density at radius 2 is 1.69 bits per heavy atom. The van der Waals surface area contributed by atoms with E-state index in [-0.39, 0.29) is 30.3 Å². The molecule has 0 bridgehead atoms. The highest BCUT2D eigenvalue weighted by Crippen LogP contribution is 2.26. The van der Waals surface area contributed by atoms with E-state index < -0.39 is 36.3 Å². The van der Waals surface area contributed by atoms with Crippen molar-refractivity contribution in [2.75, 3.05) is 13.7 Å². The molecule has 2 fully saturated rings. The number of aliphatic hydroxyl groups excluding tert-OH is 2.